The zero-order chi connectivity index (χ0) is 15.2. The Bertz CT molecular complexity index is 601. The summed E-state index contributed by atoms with van der Waals surface area (Å²) in [4.78, 5) is 4.35. The first-order chi connectivity index (χ1) is 10.1. The summed E-state index contributed by atoms with van der Waals surface area (Å²) in [5.74, 6) is 1.68. The van der Waals surface area contributed by atoms with E-state index < -0.39 is 0 Å². The van der Waals surface area contributed by atoms with Crippen LogP contribution in [0.3, 0.4) is 0 Å². The van der Waals surface area contributed by atoms with E-state index in [0.29, 0.717) is 11.9 Å². The first-order valence-corrected chi connectivity index (χ1v) is 6.93. The maximum absolute atomic E-state index is 5.91. The van der Waals surface area contributed by atoms with E-state index >= 15 is 0 Å². The fourth-order valence-corrected chi connectivity index (χ4v) is 1.92. The van der Waals surface area contributed by atoms with Crippen molar-refractivity contribution >= 4 is 17.3 Å². The minimum atomic E-state index is 0.359. The number of nitrogens with zero attached hydrogens (tertiary/aromatic N) is 1. The first kappa shape index (κ1) is 14.9. The Kier molecular flexibility index (Phi) is 4.82. The lowest BCUT2D eigenvalue weighted by Crippen LogP contribution is -2.21. The topological polar surface area (TPSA) is 59.6 Å². The molecule has 0 aliphatic heterocycles. The number of benzene rings is 2. The first-order valence-electron chi connectivity index (χ1n) is 6.93. The van der Waals surface area contributed by atoms with Crippen LogP contribution in [-0.4, -0.2) is 13.1 Å². The normalized spacial score (nSPS) is 11.5. The molecule has 2 aromatic rings. The van der Waals surface area contributed by atoms with Crippen molar-refractivity contribution < 1.29 is 4.74 Å². The molecule has 0 aromatic heterocycles. The Hall–Kier alpha value is -2.49. The summed E-state index contributed by atoms with van der Waals surface area (Å²) in [6, 6.07) is 15.6. The van der Waals surface area contributed by atoms with Crippen LogP contribution in [0, 0.1) is 0 Å². The van der Waals surface area contributed by atoms with Gasteiger partial charge in [-0.05, 0) is 47.9 Å². The summed E-state index contributed by atoms with van der Waals surface area (Å²) in [6.45, 7) is 4.33. The second-order valence-electron chi connectivity index (χ2n) is 5.10. The molecule has 0 heterocycles. The highest BCUT2D eigenvalue weighted by atomic mass is 16.5. The van der Waals surface area contributed by atoms with Gasteiger partial charge in [-0.3, -0.25) is 0 Å². The average Bonchev–Trinajstić information content (AvgIpc) is 2.48. The van der Waals surface area contributed by atoms with Crippen molar-refractivity contribution in [2.45, 2.75) is 19.8 Å². The molecule has 4 heteroatoms. The minimum Gasteiger partial charge on any atom is -0.497 e. The van der Waals surface area contributed by atoms with E-state index in [9.17, 15) is 0 Å². The molecule has 0 amide bonds. The standard InChI is InChI=1S/C17H21N3O/c1-12(2)13-4-6-14(7-5-13)19-17(18)20-15-8-10-16(21-3)11-9-15/h4-12H,1-3H3,(H3,18,19,20). The fraction of sp³-hybridized carbons (Fsp3) is 0.235. The smallest absolute Gasteiger partial charge is 0.198 e. The average molecular weight is 283 g/mol. The van der Waals surface area contributed by atoms with Gasteiger partial charge < -0.3 is 15.8 Å². The van der Waals surface area contributed by atoms with Gasteiger partial charge in [0.25, 0.3) is 0 Å². The molecule has 4 nitrogen and oxygen atoms in total. The summed E-state index contributed by atoms with van der Waals surface area (Å²) in [7, 11) is 1.64. The van der Waals surface area contributed by atoms with Crippen molar-refractivity contribution in [3.63, 3.8) is 0 Å². The number of rotatable bonds is 4. The molecule has 0 atom stereocenters. The van der Waals surface area contributed by atoms with Crippen molar-refractivity contribution in [2.24, 2.45) is 10.7 Å². The molecule has 2 rings (SSSR count). The molecule has 0 saturated carbocycles. The van der Waals surface area contributed by atoms with Crippen molar-refractivity contribution in [3.8, 4) is 5.75 Å². The Labute approximate surface area is 125 Å². The number of methoxy groups -OCH3 is 1. The third-order valence-corrected chi connectivity index (χ3v) is 3.17. The van der Waals surface area contributed by atoms with Gasteiger partial charge >= 0.3 is 0 Å². The summed E-state index contributed by atoms with van der Waals surface area (Å²) in [5.41, 5.74) is 8.90. The largest absolute Gasteiger partial charge is 0.497 e. The van der Waals surface area contributed by atoms with E-state index in [0.717, 1.165) is 17.1 Å². The van der Waals surface area contributed by atoms with Gasteiger partial charge in [-0.1, -0.05) is 26.0 Å². The minimum absolute atomic E-state index is 0.359. The second-order valence-corrected chi connectivity index (χ2v) is 5.10. The van der Waals surface area contributed by atoms with Crippen LogP contribution in [0.5, 0.6) is 5.75 Å². The van der Waals surface area contributed by atoms with Crippen LogP contribution < -0.4 is 15.8 Å². The molecule has 2 aromatic carbocycles. The predicted octanol–water partition coefficient (Wildman–Crippen LogP) is 3.88. The highest BCUT2D eigenvalue weighted by Gasteiger charge is 2.00. The zero-order valence-electron chi connectivity index (χ0n) is 12.6. The summed E-state index contributed by atoms with van der Waals surface area (Å²) >= 11 is 0. The van der Waals surface area contributed by atoms with Crippen molar-refractivity contribution in [3.05, 3.63) is 54.1 Å². The Morgan fingerprint density at radius 3 is 2.19 bits per heavy atom. The van der Waals surface area contributed by atoms with Crippen LogP contribution in [-0.2, 0) is 0 Å². The van der Waals surface area contributed by atoms with Gasteiger partial charge in [0, 0.05) is 5.69 Å². The molecule has 0 unspecified atom stereocenters. The Morgan fingerprint density at radius 2 is 1.67 bits per heavy atom. The lowest BCUT2D eigenvalue weighted by atomic mass is 10.0. The van der Waals surface area contributed by atoms with Crippen LogP contribution in [0.1, 0.15) is 25.3 Å². The van der Waals surface area contributed by atoms with Crippen molar-refractivity contribution in [1.29, 1.82) is 0 Å². The second kappa shape index (κ2) is 6.79. The highest BCUT2D eigenvalue weighted by Crippen LogP contribution is 2.19. The number of guanidine groups is 1. The zero-order valence-corrected chi connectivity index (χ0v) is 12.6. The molecular weight excluding hydrogens is 262 g/mol. The number of ether oxygens (including phenoxy) is 1. The van der Waals surface area contributed by atoms with E-state index in [4.69, 9.17) is 10.5 Å². The van der Waals surface area contributed by atoms with Gasteiger partial charge in [-0.15, -0.1) is 0 Å². The van der Waals surface area contributed by atoms with Gasteiger partial charge in [0.2, 0.25) is 0 Å². The summed E-state index contributed by atoms with van der Waals surface area (Å²) in [5, 5.41) is 3.05. The van der Waals surface area contributed by atoms with Gasteiger partial charge in [0.05, 0.1) is 12.8 Å². The van der Waals surface area contributed by atoms with Crippen LogP contribution in [0.2, 0.25) is 0 Å². The molecular formula is C17H21N3O. The number of hydrogen-bond acceptors (Lipinski definition) is 2. The van der Waals surface area contributed by atoms with Crippen molar-refractivity contribution in [1.82, 2.24) is 0 Å². The maximum atomic E-state index is 5.91. The molecule has 110 valence electrons. The quantitative estimate of drug-likeness (QED) is 0.661. The van der Waals surface area contributed by atoms with Gasteiger partial charge in [0.15, 0.2) is 5.96 Å². The third kappa shape index (κ3) is 4.24. The Morgan fingerprint density at radius 1 is 1.05 bits per heavy atom. The number of hydrogen-bond donors (Lipinski definition) is 2. The lowest BCUT2D eigenvalue weighted by molar-refractivity contribution is 0.415. The van der Waals surface area contributed by atoms with Crippen LogP contribution in [0.4, 0.5) is 11.4 Å². The molecule has 0 aliphatic carbocycles. The predicted molar refractivity (Wildman–Crippen MR) is 88.4 cm³/mol. The Balaban J connectivity index is 2.05. The monoisotopic (exact) mass is 283 g/mol. The van der Waals surface area contributed by atoms with Gasteiger partial charge in [-0.25, -0.2) is 4.99 Å². The molecule has 0 aliphatic rings. The van der Waals surface area contributed by atoms with Crippen LogP contribution in [0.15, 0.2) is 53.5 Å². The number of nitrogens with two attached hydrogens (primary N) is 1. The van der Waals surface area contributed by atoms with E-state index in [2.05, 4.69) is 36.3 Å². The fourth-order valence-electron chi connectivity index (χ4n) is 1.92. The molecule has 0 fully saturated rings. The van der Waals surface area contributed by atoms with E-state index in [1.54, 1.807) is 7.11 Å². The van der Waals surface area contributed by atoms with Gasteiger partial charge in [-0.2, -0.15) is 0 Å². The maximum Gasteiger partial charge on any atom is 0.198 e. The lowest BCUT2D eigenvalue weighted by Gasteiger charge is -2.07. The van der Waals surface area contributed by atoms with Crippen LogP contribution >= 0.6 is 0 Å². The molecule has 21 heavy (non-hydrogen) atoms. The van der Waals surface area contributed by atoms with Gasteiger partial charge in [0.1, 0.15) is 5.75 Å². The molecule has 0 bridgehead atoms. The van der Waals surface area contributed by atoms with E-state index in [1.807, 2.05) is 36.4 Å². The van der Waals surface area contributed by atoms with Crippen LogP contribution in [0.25, 0.3) is 0 Å². The SMILES string of the molecule is COc1ccc(NC(N)=Nc2ccc(C(C)C)cc2)cc1. The summed E-state index contributed by atoms with van der Waals surface area (Å²) < 4.78 is 5.11. The van der Waals surface area contributed by atoms with E-state index in [1.165, 1.54) is 5.56 Å². The number of anilines is 1. The van der Waals surface area contributed by atoms with E-state index in [-0.39, 0.29) is 0 Å². The third-order valence-electron chi connectivity index (χ3n) is 3.17. The molecule has 0 radical (unpaired) electrons. The molecule has 0 saturated heterocycles. The number of nitrogens with one attached hydrogen (secondary N) is 1. The molecule has 3 N–H and O–H groups in total. The van der Waals surface area contributed by atoms with Crippen molar-refractivity contribution in [2.75, 3.05) is 12.4 Å². The highest BCUT2D eigenvalue weighted by molar-refractivity contribution is 5.94. The summed E-state index contributed by atoms with van der Waals surface area (Å²) in [6.07, 6.45) is 0. The number of aliphatic imine (C=N–C) groups is 1. The molecule has 0 spiro atoms.